The molecule has 5 heteroatoms. The second-order valence-corrected chi connectivity index (χ2v) is 6.26. The van der Waals surface area contributed by atoms with Crippen molar-refractivity contribution in [2.75, 3.05) is 18.0 Å². The Morgan fingerprint density at radius 3 is 2.64 bits per heavy atom. The summed E-state index contributed by atoms with van der Waals surface area (Å²) in [6.45, 7) is 1.51. The minimum absolute atomic E-state index is 0.00117. The van der Waals surface area contributed by atoms with Crippen LogP contribution in [0.25, 0.3) is 10.9 Å². The first kappa shape index (κ1) is 15.7. The average molecular weight is 337 g/mol. The molecule has 1 fully saturated rings. The molecule has 2 aromatic carbocycles. The Hall–Kier alpha value is -2.82. The van der Waals surface area contributed by atoms with Crippen LogP contribution in [0.1, 0.15) is 12.8 Å². The van der Waals surface area contributed by atoms with E-state index >= 15 is 0 Å². The normalized spacial score (nSPS) is 15.5. The molecule has 1 aromatic heterocycles. The van der Waals surface area contributed by atoms with E-state index in [-0.39, 0.29) is 17.7 Å². The molecule has 0 atom stereocenters. The maximum absolute atomic E-state index is 13.2. The number of anilines is 1. The van der Waals surface area contributed by atoms with Crippen molar-refractivity contribution in [3.63, 3.8) is 0 Å². The van der Waals surface area contributed by atoms with Gasteiger partial charge in [0.2, 0.25) is 0 Å². The summed E-state index contributed by atoms with van der Waals surface area (Å²) >= 11 is 0. The van der Waals surface area contributed by atoms with Crippen LogP contribution in [0, 0.1) is 5.82 Å². The van der Waals surface area contributed by atoms with Crippen molar-refractivity contribution in [1.29, 1.82) is 0 Å². The topological polar surface area (TPSA) is 45.3 Å². The van der Waals surface area contributed by atoms with Crippen LogP contribution in [0.2, 0.25) is 0 Å². The van der Waals surface area contributed by atoms with Gasteiger partial charge in [-0.15, -0.1) is 0 Å². The van der Waals surface area contributed by atoms with Gasteiger partial charge in [0, 0.05) is 43.5 Å². The number of pyridine rings is 1. The van der Waals surface area contributed by atoms with Gasteiger partial charge in [-0.05, 0) is 24.3 Å². The Morgan fingerprint density at radius 2 is 1.84 bits per heavy atom. The summed E-state index contributed by atoms with van der Waals surface area (Å²) in [7, 11) is 0. The largest absolute Gasteiger partial charge is 0.490 e. The summed E-state index contributed by atoms with van der Waals surface area (Å²) in [4.78, 5) is 6.73. The number of benzene rings is 2. The van der Waals surface area contributed by atoms with Crippen molar-refractivity contribution < 1.29 is 14.2 Å². The number of para-hydroxylation sites is 1. The lowest BCUT2D eigenvalue weighted by atomic mass is 10.1. The Labute approximate surface area is 145 Å². The smallest absolute Gasteiger partial charge is 0.191 e. The van der Waals surface area contributed by atoms with E-state index in [2.05, 4.69) is 9.88 Å². The highest BCUT2D eigenvalue weighted by molar-refractivity contribution is 5.86. The number of aromatic nitrogens is 1. The van der Waals surface area contributed by atoms with E-state index in [1.165, 1.54) is 12.1 Å². The van der Waals surface area contributed by atoms with Crippen LogP contribution >= 0.6 is 0 Å². The van der Waals surface area contributed by atoms with E-state index in [0.29, 0.717) is 17.0 Å². The van der Waals surface area contributed by atoms with Gasteiger partial charge in [0.25, 0.3) is 0 Å². The third kappa shape index (κ3) is 3.36. The first-order valence-corrected chi connectivity index (χ1v) is 8.43. The summed E-state index contributed by atoms with van der Waals surface area (Å²) in [6, 6.07) is 15.2. The van der Waals surface area contributed by atoms with Crippen molar-refractivity contribution in [2.24, 2.45) is 0 Å². The second-order valence-electron chi connectivity index (χ2n) is 6.26. The number of ether oxygens (including phenoxy) is 1. The van der Waals surface area contributed by atoms with E-state index in [1.54, 1.807) is 24.3 Å². The minimum Gasteiger partial charge on any atom is -0.490 e. The monoisotopic (exact) mass is 337 g/mol. The summed E-state index contributed by atoms with van der Waals surface area (Å²) in [6.07, 6.45) is 1.66. The molecule has 0 N–H and O–H groups in total. The molecule has 0 aliphatic carbocycles. The van der Waals surface area contributed by atoms with Crippen molar-refractivity contribution in [3.8, 4) is 11.5 Å². The van der Waals surface area contributed by atoms with Gasteiger partial charge in [0.1, 0.15) is 23.5 Å². The van der Waals surface area contributed by atoms with E-state index in [1.807, 2.05) is 18.2 Å². The number of hydrogen-bond donors (Lipinski definition) is 0. The number of rotatable bonds is 3. The Morgan fingerprint density at radius 1 is 1.04 bits per heavy atom. The molecule has 1 aliphatic rings. The van der Waals surface area contributed by atoms with Gasteiger partial charge in [-0.25, -0.2) is 9.37 Å². The van der Waals surface area contributed by atoms with E-state index in [9.17, 15) is 9.50 Å². The lowest BCUT2D eigenvalue weighted by molar-refractivity contribution is 0.170. The highest BCUT2D eigenvalue weighted by atomic mass is 19.1. The van der Waals surface area contributed by atoms with Crippen LogP contribution in [0.4, 0.5) is 10.2 Å². The second kappa shape index (κ2) is 6.59. The molecule has 0 amide bonds. The van der Waals surface area contributed by atoms with Crippen LogP contribution in [-0.4, -0.2) is 24.2 Å². The number of hydrogen-bond acceptors (Lipinski definition) is 3. The molecule has 0 saturated carbocycles. The van der Waals surface area contributed by atoms with Crippen LogP contribution in [-0.2, 0) is 5.11 Å². The molecule has 1 aliphatic heterocycles. The first-order valence-electron chi connectivity index (χ1n) is 8.43. The molecule has 0 unspecified atom stereocenters. The SMILES string of the molecule is [O]c1cc(N2CCC(Oc3cccc(F)c3)CC2)nc2ccccc12. The van der Waals surface area contributed by atoms with Gasteiger partial charge in [-0.2, -0.15) is 0 Å². The van der Waals surface area contributed by atoms with Crippen LogP contribution < -0.4 is 9.64 Å². The number of halogens is 1. The fourth-order valence-corrected chi connectivity index (χ4v) is 3.23. The molecular formula is C20H18FN2O2. The zero-order valence-electron chi connectivity index (χ0n) is 13.7. The van der Waals surface area contributed by atoms with Gasteiger partial charge in [-0.1, -0.05) is 18.2 Å². The number of nitrogens with zero attached hydrogens (tertiary/aromatic N) is 2. The Kier molecular flexibility index (Phi) is 4.14. The summed E-state index contributed by atoms with van der Waals surface area (Å²) in [5.41, 5.74) is 0.725. The highest BCUT2D eigenvalue weighted by Gasteiger charge is 2.22. The lowest BCUT2D eigenvalue weighted by Crippen LogP contribution is -2.38. The molecule has 3 aromatic rings. The third-order valence-electron chi connectivity index (χ3n) is 4.53. The molecule has 4 rings (SSSR count). The predicted octanol–water partition coefficient (Wildman–Crippen LogP) is 4.57. The molecule has 0 spiro atoms. The first-order chi connectivity index (χ1) is 12.2. The maximum atomic E-state index is 13.2. The molecule has 1 radical (unpaired) electrons. The number of piperidine rings is 1. The zero-order valence-corrected chi connectivity index (χ0v) is 13.7. The van der Waals surface area contributed by atoms with Crippen molar-refractivity contribution in [2.45, 2.75) is 18.9 Å². The van der Waals surface area contributed by atoms with Gasteiger partial charge < -0.3 is 9.64 Å². The standard InChI is InChI=1S/C20H18FN2O2/c21-14-4-3-5-16(12-14)25-15-8-10-23(11-9-15)20-13-19(24)17-6-1-2-7-18(17)22-20/h1-7,12-13,15H,8-11H2. The van der Waals surface area contributed by atoms with Crippen molar-refractivity contribution >= 4 is 16.7 Å². The fraction of sp³-hybridized carbons (Fsp3) is 0.250. The maximum Gasteiger partial charge on any atom is 0.191 e. The molecule has 1 saturated heterocycles. The fourth-order valence-electron chi connectivity index (χ4n) is 3.23. The van der Waals surface area contributed by atoms with E-state index in [4.69, 9.17) is 4.74 Å². The third-order valence-corrected chi connectivity index (χ3v) is 4.53. The molecule has 127 valence electrons. The molecule has 4 nitrogen and oxygen atoms in total. The van der Waals surface area contributed by atoms with Crippen LogP contribution in [0.5, 0.6) is 11.5 Å². The zero-order chi connectivity index (χ0) is 17.2. The van der Waals surface area contributed by atoms with E-state index < -0.39 is 0 Å². The Bertz CT molecular complexity index is 892. The van der Waals surface area contributed by atoms with Gasteiger partial charge in [0.05, 0.1) is 5.52 Å². The quantitative estimate of drug-likeness (QED) is 0.703. The van der Waals surface area contributed by atoms with Gasteiger partial charge in [0.15, 0.2) is 5.75 Å². The predicted molar refractivity (Wildman–Crippen MR) is 94.1 cm³/mol. The summed E-state index contributed by atoms with van der Waals surface area (Å²) < 4.78 is 19.1. The lowest BCUT2D eigenvalue weighted by Gasteiger charge is -2.33. The summed E-state index contributed by atoms with van der Waals surface area (Å²) in [5, 5.41) is 12.9. The summed E-state index contributed by atoms with van der Waals surface area (Å²) in [5.74, 6) is 0.981. The van der Waals surface area contributed by atoms with Crippen molar-refractivity contribution in [1.82, 2.24) is 4.98 Å². The van der Waals surface area contributed by atoms with Crippen LogP contribution in [0.3, 0.4) is 0 Å². The van der Waals surface area contributed by atoms with Crippen LogP contribution in [0.15, 0.2) is 54.6 Å². The molecular weight excluding hydrogens is 319 g/mol. The number of fused-ring (bicyclic) bond motifs is 1. The molecule has 2 heterocycles. The molecule has 0 bridgehead atoms. The highest BCUT2D eigenvalue weighted by Crippen LogP contribution is 2.30. The van der Waals surface area contributed by atoms with Crippen molar-refractivity contribution in [3.05, 3.63) is 60.4 Å². The average Bonchev–Trinajstić information content (AvgIpc) is 2.62. The van der Waals surface area contributed by atoms with E-state index in [0.717, 1.165) is 31.4 Å². The Balaban J connectivity index is 1.45. The molecule has 25 heavy (non-hydrogen) atoms. The van der Waals surface area contributed by atoms with Gasteiger partial charge in [-0.3, -0.25) is 5.11 Å². The minimum atomic E-state index is -0.293. The van der Waals surface area contributed by atoms with Gasteiger partial charge >= 0.3 is 0 Å².